The average Bonchev–Trinajstić information content (AvgIpc) is 2.39. The molecule has 0 aromatic carbocycles. The van der Waals surface area contributed by atoms with Crippen LogP contribution < -0.4 is 4.90 Å². The molecule has 3 rings (SSSR count). The van der Waals surface area contributed by atoms with E-state index in [9.17, 15) is 0 Å². The molecule has 2 aliphatic rings. The number of nitrogens with zero attached hydrogens (tertiary/aromatic N) is 3. The highest BCUT2D eigenvalue weighted by Crippen LogP contribution is 2.29. The third-order valence-corrected chi connectivity index (χ3v) is 4.04. The molecule has 0 radical (unpaired) electrons. The van der Waals surface area contributed by atoms with E-state index in [1.54, 1.807) is 6.33 Å². The minimum absolute atomic E-state index is 0.811. The molecule has 0 N–H and O–H groups in total. The molecule has 1 saturated heterocycles. The van der Waals surface area contributed by atoms with Crippen molar-refractivity contribution in [2.45, 2.75) is 12.2 Å². The van der Waals surface area contributed by atoms with Gasteiger partial charge in [-0.15, -0.1) is 0 Å². The van der Waals surface area contributed by atoms with Gasteiger partial charge in [-0.1, -0.05) is 0 Å². The highest BCUT2D eigenvalue weighted by molar-refractivity contribution is 7.98. The predicted octanol–water partition coefficient (Wildman–Crippen LogP) is 1.10. The molecule has 4 nitrogen and oxygen atoms in total. The molecular weight excluding hydrogens is 222 g/mol. The predicted molar refractivity (Wildman–Crippen MR) is 64.9 cm³/mol. The number of ether oxygens (including phenoxy) is 1. The number of aryl methyl sites for hydroxylation is 1. The van der Waals surface area contributed by atoms with E-state index in [4.69, 9.17) is 4.74 Å². The lowest BCUT2D eigenvalue weighted by Crippen LogP contribution is -2.37. The minimum Gasteiger partial charge on any atom is -0.378 e. The van der Waals surface area contributed by atoms with Crippen molar-refractivity contribution in [3.05, 3.63) is 17.6 Å². The number of aromatic nitrogens is 2. The summed E-state index contributed by atoms with van der Waals surface area (Å²) in [5, 5.41) is 0. The monoisotopic (exact) mass is 237 g/mol. The highest BCUT2D eigenvalue weighted by Gasteiger charge is 2.21. The van der Waals surface area contributed by atoms with Gasteiger partial charge in [0.2, 0.25) is 0 Å². The Hall–Kier alpha value is -0.810. The number of fused-ring (bicyclic) bond motifs is 1. The molecule has 0 saturated carbocycles. The topological polar surface area (TPSA) is 38.2 Å². The van der Waals surface area contributed by atoms with Crippen LogP contribution >= 0.6 is 11.8 Å². The maximum absolute atomic E-state index is 5.37. The van der Waals surface area contributed by atoms with Gasteiger partial charge in [0.15, 0.2) is 0 Å². The van der Waals surface area contributed by atoms with Gasteiger partial charge in [-0.25, -0.2) is 9.97 Å². The van der Waals surface area contributed by atoms with Crippen molar-refractivity contribution in [1.29, 1.82) is 0 Å². The molecule has 1 aromatic heterocycles. The number of rotatable bonds is 1. The van der Waals surface area contributed by atoms with Gasteiger partial charge in [0.1, 0.15) is 12.1 Å². The summed E-state index contributed by atoms with van der Waals surface area (Å²) in [5.74, 6) is 3.38. The molecule has 1 fully saturated rings. The lowest BCUT2D eigenvalue weighted by atomic mass is 10.1. The van der Waals surface area contributed by atoms with E-state index in [0.29, 0.717) is 0 Å². The van der Waals surface area contributed by atoms with Crippen LogP contribution in [0.3, 0.4) is 0 Å². The van der Waals surface area contributed by atoms with Crippen molar-refractivity contribution in [1.82, 2.24) is 9.97 Å². The Morgan fingerprint density at radius 2 is 2.12 bits per heavy atom. The Balaban J connectivity index is 1.93. The lowest BCUT2D eigenvalue weighted by Gasteiger charge is -2.30. The van der Waals surface area contributed by atoms with Crippen LogP contribution in [0.25, 0.3) is 0 Å². The molecular formula is C11H15N3OS. The quantitative estimate of drug-likeness (QED) is 0.731. The second-order valence-electron chi connectivity index (χ2n) is 4.02. The third-order valence-electron chi connectivity index (χ3n) is 3.05. The molecule has 1 aromatic rings. The smallest absolute Gasteiger partial charge is 0.136 e. The Kier molecular flexibility index (Phi) is 2.97. The molecule has 86 valence electrons. The average molecular weight is 237 g/mol. The zero-order valence-electron chi connectivity index (χ0n) is 9.19. The van der Waals surface area contributed by atoms with E-state index in [2.05, 4.69) is 14.9 Å². The van der Waals surface area contributed by atoms with Crippen molar-refractivity contribution in [2.75, 3.05) is 37.0 Å². The fraction of sp³-hybridized carbons (Fsp3) is 0.636. The van der Waals surface area contributed by atoms with Gasteiger partial charge in [-0.05, 0) is 12.2 Å². The summed E-state index contributed by atoms with van der Waals surface area (Å²) in [4.78, 5) is 11.2. The zero-order chi connectivity index (χ0) is 10.8. The highest BCUT2D eigenvalue weighted by atomic mass is 32.2. The first-order valence-corrected chi connectivity index (χ1v) is 6.84. The summed E-state index contributed by atoms with van der Waals surface area (Å²) in [5.41, 5.74) is 2.59. The van der Waals surface area contributed by atoms with Gasteiger partial charge in [-0.2, -0.15) is 11.8 Å². The van der Waals surface area contributed by atoms with Gasteiger partial charge in [0.25, 0.3) is 0 Å². The molecule has 16 heavy (non-hydrogen) atoms. The first kappa shape index (κ1) is 10.4. The Morgan fingerprint density at radius 3 is 3.00 bits per heavy atom. The standard InChI is InChI=1S/C11H15N3OS/c1-6-16-7-9-10(1)12-8-13-11(9)14-2-4-15-5-3-14/h8H,1-7H2. The van der Waals surface area contributed by atoms with E-state index >= 15 is 0 Å². The fourth-order valence-corrected chi connectivity index (χ4v) is 3.17. The zero-order valence-corrected chi connectivity index (χ0v) is 10.0. The number of anilines is 1. The first-order chi connectivity index (χ1) is 7.95. The first-order valence-electron chi connectivity index (χ1n) is 5.68. The molecule has 0 atom stereocenters. The Morgan fingerprint density at radius 1 is 1.25 bits per heavy atom. The van der Waals surface area contributed by atoms with Crippen LogP contribution in [0.15, 0.2) is 6.33 Å². The van der Waals surface area contributed by atoms with Crippen LogP contribution in [0.2, 0.25) is 0 Å². The molecule has 3 heterocycles. The Labute approximate surface area is 99.4 Å². The minimum atomic E-state index is 0.811. The molecule has 0 spiro atoms. The van der Waals surface area contributed by atoms with Crippen LogP contribution in [0.1, 0.15) is 11.3 Å². The van der Waals surface area contributed by atoms with E-state index in [1.165, 1.54) is 17.0 Å². The van der Waals surface area contributed by atoms with Crippen molar-refractivity contribution in [3.63, 3.8) is 0 Å². The van der Waals surface area contributed by atoms with Crippen molar-refractivity contribution < 1.29 is 4.74 Å². The van der Waals surface area contributed by atoms with Crippen LogP contribution in [0, 0.1) is 0 Å². The summed E-state index contributed by atoms with van der Waals surface area (Å²) in [6.45, 7) is 3.53. The van der Waals surface area contributed by atoms with Crippen LogP contribution in [0.5, 0.6) is 0 Å². The second kappa shape index (κ2) is 4.59. The maximum atomic E-state index is 5.37. The summed E-state index contributed by atoms with van der Waals surface area (Å²) >= 11 is 1.98. The van der Waals surface area contributed by atoms with Crippen LogP contribution in [-0.4, -0.2) is 42.0 Å². The van der Waals surface area contributed by atoms with Crippen LogP contribution in [0.4, 0.5) is 5.82 Å². The number of thioether (sulfide) groups is 1. The fourth-order valence-electron chi connectivity index (χ4n) is 2.19. The van der Waals surface area contributed by atoms with Crippen molar-refractivity contribution in [3.8, 4) is 0 Å². The van der Waals surface area contributed by atoms with Gasteiger partial charge in [0, 0.05) is 24.4 Å². The van der Waals surface area contributed by atoms with Crippen molar-refractivity contribution in [2.24, 2.45) is 0 Å². The number of morpholine rings is 1. The molecule has 0 amide bonds. The number of hydrogen-bond acceptors (Lipinski definition) is 5. The molecule has 2 aliphatic heterocycles. The molecule has 0 aliphatic carbocycles. The Bertz CT molecular complexity index is 379. The largest absolute Gasteiger partial charge is 0.378 e. The normalized spacial score (nSPS) is 20.6. The molecule has 0 unspecified atom stereocenters. The van der Waals surface area contributed by atoms with Crippen LogP contribution in [-0.2, 0) is 16.9 Å². The van der Waals surface area contributed by atoms with Gasteiger partial charge in [0.05, 0.1) is 18.9 Å². The van der Waals surface area contributed by atoms with Crippen molar-refractivity contribution >= 4 is 17.6 Å². The van der Waals surface area contributed by atoms with E-state index in [0.717, 1.165) is 44.3 Å². The molecule has 0 bridgehead atoms. The number of hydrogen-bond donors (Lipinski definition) is 0. The second-order valence-corrected chi connectivity index (χ2v) is 5.13. The van der Waals surface area contributed by atoms with Gasteiger partial charge >= 0.3 is 0 Å². The SMILES string of the molecule is c1nc2c(c(N3CCOCC3)n1)CSCC2. The lowest BCUT2D eigenvalue weighted by molar-refractivity contribution is 0.122. The van der Waals surface area contributed by atoms with Gasteiger partial charge in [-0.3, -0.25) is 0 Å². The van der Waals surface area contributed by atoms with E-state index in [1.807, 2.05) is 11.8 Å². The summed E-state index contributed by atoms with van der Waals surface area (Å²) < 4.78 is 5.37. The summed E-state index contributed by atoms with van der Waals surface area (Å²) in [6.07, 6.45) is 2.79. The van der Waals surface area contributed by atoms with Gasteiger partial charge < -0.3 is 9.64 Å². The van der Waals surface area contributed by atoms with E-state index < -0.39 is 0 Å². The summed E-state index contributed by atoms with van der Waals surface area (Å²) in [6, 6.07) is 0. The van der Waals surface area contributed by atoms with E-state index in [-0.39, 0.29) is 0 Å². The maximum Gasteiger partial charge on any atom is 0.136 e. The molecule has 5 heteroatoms. The summed E-state index contributed by atoms with van der Waals surface area (Å²) in [7, 11) is 0. The third kappa shape index (κ3) is 1.89.